The number of unbranched alkanes of at least 4 members (excludes halogenated alkanes) is 12. The molecule has 0 saturated heterocycles. The van der Waals surface area contributed by atoms with Crippen molar-refractivity contribution in [2.75, 3.05) is 13.7 Å². The zero-order valence-corrected chi connectivity index (χ0v) is 19.7. The molecule has 1 rings (SSSR count). The highest BCUT2D eigenvalue weighted by Gasteiger charge is 2.17. The van der Waals surface area contributed by atoms with Gasteiger partial charge in [0.1, 0.15) is 0 Å². The molecule has 4 nitrogen and oxygen atoms in total. The zero-order valence-electron chi connectivity index (χ0n) is 19.7. The molecular weight excluding hydrogens is 388 g/mol. The lowest BCUT2D eigenvalue weighted by Crippen LogP contribution is -2.13. The van der Waals surface area contributed by atoms with Crippen LogP contribution in [-0.2, 0) is 9.47 Å². The van der Waals surface area contributed by atoms with Crippen LogP contribution in [0.2, 0.25) is 0 Å². The molecule has 0 unspecified atom stereocenters. The molecule has 0 saturated carbocycles. The summed E-state index contributed by atoms with van der Waals surface area (Å²) in [5, 5.41) is 0. The van der Waals surface area contributed by atoms with Gasteiger partial charge in [0.2, 0.25) is 0 Å². The highest BCUT2D eigenvalue weighted by Crippen LogP contribution is 2.13. The fourth-order valence-corrected chi connectivity index (χ4v) is 3.54. The van der Waals surface area contributed by atoms with Gasteiger partial charge in [-0.2, -0.15) is 0 Å². The van der Waals surface area contributed by atoms with E-state index in [0.717, 1.165) is 19.3 Å². The molecule has 0 N–H and O–H groups in total. The van der Waals surface area contributed by atoms with E-state index in [1.165, 1.54) is 77.7 Å². The minimum Gasteiger partial charge on any atom is -0.465 e. The van der Waals surface area contributed by atoms with Crippen molar-refractivity contribution in [2.24, 2.45) is 0 Å². The van der Waals surface area contributed by atoms with Gasteiger partial charge in [-0.3, -0.25) is 0 Å². The van der Waals surface area contributed by atoms with Crippen molar-refractivity contribution in [1.29, 1.82) is 0 Å². The van der Waals surface area contributed by atoms with Gasteiger partial charge in [-0.1, -0.05) is 89.0 Å². The first kappa shape index (κ1) is 26.9. The highest BCUT2D eigenvalue weighted by molar-refractivity contribution is 6.03. The number of allylic oxidation sites excluding steroid dienone is 2. The van der Waals surface area contributed by atoms with Crippen molar-refractivity contribution in [1.82, 2.24) is 0 Å². The van der Waals surface area contributed by atoms with Crippen LogP contribution in [0.4, 0.5) is 0 Å². The molecule has 0 radical (unpaired) electrons. The van der Waals surface area contributed by atoms with E-state index in [2.05, 4.69) is 19.1 Å². The Labute approximate surface area is 189 Å². The van der Waals surface area contributed by atoms with E-state index >= 15 is 0 Å². The molecule has 0 spiro atoms. The third-order valence-corrected chi connectivity index (χ3v) is 5.44. The molecule has 1 aromatic carbocycles. The van der Waals surface area contributed by atoms with Crippen molar-refractivity contribution in [2.45, 2.75) is 96.8 Å². The predicted molar refractivity (Wildman–Crippen MR) is 128 cm³/mol. The first-order valence-electron chi connectivity index (χ1n) is 12.2. The Balaban J connectivity index is 1.98. The molecule has 0 bridgehead atoms. The van der Waals surface area contributed by atoms with Crippen molar-refractivity contribution >= 4 is 11.9 Å². The van der Waals surface area contributed by atoms with Crippen molar-refractivity contribution in [3.63, 3.8) is 0 Å². The van der Waals surface area contributed by atoms with Gasteiger partial charge in [0.05, 0.1) is 24.8 Å². The van der Waals surface area contributed by atoms with Crippen LogP contribution in [-0.4, -0.2) is 25.7 Å². The summed E-state index contributed by atoms with van der Waals surface area (Å²) in [4.78, 5) is 23.9. The van der Waals surface area contributed by atoms with E-state index < -0.39 is 11.9 Å². The van der Waals surface area contributed by atoms with Crippen LogP contribution in [0.15, 0.2) is 36.4 Å². The maximum Gasteiger partial charge on any atom is 0.339 e. The average Bonchev–Trinajstić information content (AvgIpc) is 2.80. The molecule has 0 atom stereocenters. The van der Waals surface area contributed by atoms with Gasteiger partial charge in [0, 0.05) is 0 Å². The molecule has 0 aliphatic heterocycles. The summed E-state index contributed by atoms with van der Waals surface area (Å²) in [6, 6.07) is 6.59. The van der Waals surface area contributed by atoms with Crippen LogP contribution in [0.3, 0.4) is 0 Å². The van der Waals surface area contributed by atoms with Gasteiger partial charge < -0.3 is 9.47 Å². The number of carbonyl (C=O) groups excluding carboxylic acids is 2. The maximum atomic E-state index is 12.2. The van der Waals surface area contributed by atoms with E-state index in [1.54, 1.807) is 24.3 Å². The number of rotatable bonds is 18. The number of ether oxygens (including phenoxy) is 2. The zero-order chi connectivity index (χ0) is 22.6. The molecule has 0 aliphatic rings. The SMILES string of the molecule is CCCCCCCCC=CCCCCCCCCOC(=O)c1ccccc1C(=O)OC. The van der Waals surface area contributed by atoms with E-state index in [4.69, 9.17) is 9.47 Å². The lowest BCUT2D eigenvalue weighted by molar-refractivity contribution is 0.0480. The molecular formula is C27H42O4. The number of benzene rings is 1. The fourth-order valence-electron chi connectivity index (χ4n) is 3.54. The van der Waals surface area contributed by atoms with Gasteiger partial charge in [-0.05, 0) is 44.2 Å². The third kappa shape index (κ3) is 13.0. The maximum absolute atomic E-state index is 12.2. The van der Waals surface area contributed by atoms with E-state index in [-0.39, 0.29) is 11.1 Å². The van der Waals surface area contributed by atoms with Gasteiger partial charge >= 0.3 is 11.9 Å². The summed E-state index contributed by atoms with van der Waals surface area (Å²) >= 11 is 0. The van der Waals surface area contributed by atoms with Gasteiger partial charge in [-0.25, -0.2) is 9.59 Å². The van der Waals surface area contributed by atoms with Crippen LogP contribution in [0.1, 0.15) is 118 Å². The molecule has 0 amide bonds. The Hall–Kier alpha value is -2.10. The Kier molecular flexibility index (Phi) is 16.2. The molecule has 174 valence electrons. The number of esters is 2. The Morgan fingerprint density at radius 2 is 1.19 bits per heavy atom. The van der Waals surface area contributed by atoms with Crippen molar-refractivity contribution in [3.05, 3.63) is 47.5 Å². The summed E-state index contributed by atoms with van der Waals surface area (Å²) in [6.45, 7) is 2.64. The summed E-state index contributed by atoms with van der Waals surface area (Å²) < 4.78 is 10.0. The van der Waals surface area contributed by atoms with Crippen LogP contribution in [0.25, 0.3) is 0 Å². The van der Waals surface area contributed by atoms with Crippen LogP contribution in [0, 0.1) is 0 Å². The molecule has 4 heteroatoms. The first-order valence-corrected chi connectivity index (χ1v) is 12.2. The summed E-state index contributed by atoms with van der Waals surface area (Å²) in [5.41, 5.74) is 0.509. The van der Waals surface area contributed by atoms with Crippen LogP contribution >= 0.6 is 0 Å². The minimum atomic E-state index is -0.523. The van der Waals surface area contributed by atoms with Crippen molar-refractivity contribution in [3.8, 4) is 0 Å². The number of carbonyl (C=O) groups is 2. The molecule has 0 aliphatic carbocycles. The standard InChI is InChI=1S/C27H42O4/c1-3-4-5-6-7-8-9-10-11-12-13-14-15-16-17-20-23-31-27(29)25-22-19-18-21-24(25)26(28)30-2/h10-11,18-19,21-22H,3-9,12-17,20,23H2,1-2H3. The Bertz CT molecular complexity index is 636. The second-order valence-electron chi connectivity index (χ2n) is 8.11. The van der Waals surface area contributed by atoms with Crippen LogP contribution in [0.5, 0.6) is 0 Å². The highest BCUT2D eigenvalue weighted by atomic mass is 16.5. The molecule has 31 heavy (non-hydrogen) atoms. The van der Waals surface area contributed by atoms with Crippen molar-refractivity contribution < 1.29 is 19.1 Å². The Morgan fingerprint density at radius 1 is 0.710 bits per heavy atom. The average molecular weight is 431 g/mol. The third-order valence-electron chi connectivity index (χ3n) is 5.44. The summed E-state index contributed by atoms with van der Waals surface area (Å²) in [6.07, 6.45) is 22.1. The molecule has 0 heterocycles. The summed E-state index contributed by atoms with van der Waals surface area (Å²) in [7, 11) is 1.30. The number of hydrogen-bond donors (Lipinski definition) is 0. The predicted octanol–water partition coefficient (Wildman–Crippen LogP) is 7.67. The lowest BCUT2D eigenvalue weighted by atomic mass is 10.1. The largest absolute Gasteiger partial charge is 0.465 e. The lowest BCUT2D eigenvalue weighted by Gasteiger charge is -2.08. The Morgan fingerprint density at radius 3 is 1.74 bits per heavy atom. The summed E-state index contributed by atoms with van der Waals surface area (Å²) in [5.74, 6) is -0.987. The van der Waals surface area contributed by atoms with Crippen LogP contribution < -0.4 is 0 Å². The topological polar surface area (TPSA) is 52.6 Å². The first-order chi connectivity index (χ1) is 15.2. The fraction of sp³-hybridized carbons (Fsp3) is 0.630. The second-order valence-corrected chi connectivity index (χ2v) is 8.11. The smallest absolute Gasteiger partial charge is 0.339 e. The quantitative estimate of drug-likeness (QED) is 0.136. The van der Waals surface area contributed by atoms with Gasteiger partial charge in [-0.15, -0.1) is 0 Å². The normalized spacial score (nSPS) is 11.0. The van der Waals surface area contributed by atoms with E-state index in [1.807, 2.05) is 0 Å². The monoisotopic (exact) mass is 430 g/mol. The number of methoxy groups -OCH3 is 1. The second kappa shape index (κ2) is 18.7. The molecule has 0 aromatic heterocycles. The van der Waals surface area contributed by atoms with E-state index in [0.29, 0.717) is 6.61 Å². The molecule has 0 fully saturated rings. The minimum absolute atomic E-state index is 0.246. The van der Waals surface area contributed by atoms with Gasteiger partial charge in [0.15, 0.2) is 0 Å². The van der Waals surface area contributed by atoms with E-state index in [9.17, 15) is 9.59 Å². The van der Waals surface area contributed by atoms with Gasteiger partial charge in [0.25, 0.3) is 0 Å². The number of hydrogen-bond acceptors (Lipinski definition) is 4. The molecule has 1 aromatic rings.